The Kier molecular flexibility index (Phi) is 6.96. The minimum Gasteiger partial charge on any atom is -0.417 e. The smallest absolute Gasteiger partial charge is 0.417 e. The van der Waals surface area contributed by atoms with E-state index in [9.17, 15) is 4.79 Å². The lowest BCUT2D eigenvalue weighted by molar-refractivity contribution is 0.0886. The van der Waals surface area contributed by atoms with Crippen molar-refractivity contribution in [1.29, 1.82) is 0 Å². The van der Waals surface area contributed by atoms with Gasteiger partial charge in [-0.1, -0.05) is 19.3 Å². The number of carbonyl (C=O) groups is 1. The first-order chi connectivity index (χ1) is 5.74. The average molecular weight is 282 g/mol. The third-order valence-electron chi connectivity index (χ3n) is 1.16. The zero-order chi connectivity index (χ0) is 9.40. The first-order valence-electron chi connectivity index (χ1n) is 3.66. The second kappa shape index (κ2) is 7.22. The van der Waals surface area contributed by atoms with Crippen LogP contribution in [0.15, 0.2) is 0 Å². The molecular formula is C8H11IO3. The zero-order valence-electron chi connectivity index (χ0n) is 7.09. The second-order valence-electron chi connectivity index (χ2n) is 2.12. The summed E-state index contributed by atoms with van der Waals surface area (Å²) in [6.45, 7) is 3.71. The molecule has 0 fully saturated rings. The van der Waals surface area contributed by atoms with E-state index >= 15 is 0 Å². The third kappa shape index (κ3) is 5.24. The first kappa shape index (κ1) is 11.6. The van der Waals surface area contributed by atoms with Crippen LogP contribution in [0.5, 0.6) is 0 Å². The molecule has 0 N–H and O–H groups in total. The summed E-state index contributed by atoms with van der Waals surface area (Å²) in [5.74, 6) is 5.47. The quantitative estimate of drug-likeness (QED) is 0.453. The van der Waals surface area contributed by atoms with E-state index in [1.807, 2.05) is 6.92 Å². The van der Waals surface area contributed by atoms with Crippen LogP contribution >= 0.6 is 23.0 Å². The molecule has 0 aliphatic rings. The standard InChI is InChI=1S/C8H11IO3/c1-3-5-7(6-4-2)11-8(10)12-9/h7H,3,5H2,1-2H3. The Morgan fingerprint density at radius 2 is 2.33 bits per heavy atom. The van der Waals surface area contributed by atoms with E-state index in [4.69, 9.17) is 4.74 Å². The van der Waals surface area contributed by atoms with E-state index in [1.54, 1.807) is 6.92 Å². The Bertz CT molecular complexity index is 192. The molecule has 0 bridgehead atoms. The van der Waals surface area contributed by atoms with Crippen molar-refractivity contribution in [3.05, 3.63) is 0 Å². The van der Waals surface area contributed by atoms with Crippen LogP contribution in [0.3, 0.4) is 0 Å². The highest BCUT2D eigenvalue weighted by molar-refractivity contribution is 14.1. The van der Waals surface area contributed by atoms with Gasteiger partial charge in [-0.05, 0) is 13.3 Å². The van der Waals surface area contributed by atoms with Crippen molar-refractivity contribution in [2.75, 3.05) is 0 Å². The van der Waals surface area contributed by atoms with Gasteiger partial charge in [-0.15, -0.1) is 5.92 Å². The van der Waals surface area contributed by atoms with Crippen molar-refractivity contribution >= 4 is 29.2 Å². The Morgan fingerprint density at radius 3 is 2.75 bits per heavy atom. The van der Waals surface area contributed by atoms with Crippen LogP contribution in [0, 0.1) is 11.8 Å². The minimum atomic E-state index is -0.684. The number of hydrogen-bond donors (Lipinski definition) is 0. The lowest BCUT2D eigenvalue weighted by atomic mass is 10.2. The maximum atomic E-state index is 10.7. The molecule has 1 unspecified atom stereocenters. The maximum absolute atomic E-state index is 10.7. The molecule has 0 rings (SSSR count). The van der Waals surface area contributed by atoms with Gasteiger partial charge in [0.05, 0.1) is 0 Å². The molecule has 0 saturated heterocycles. The molecule has 0 heterocycles. The van der Waals surface area contributed by atoms with Crippen LogP contribution in [-0.4, -0.2) is 12.3 Å². The highest BCUT2D eigenvalue weighted by Crippen LogP contribution is 2.04. The van der Waals surface area contributed by atoms with Crippen molar-refractivity contribution in [3.8, 4) is 11.8 Å². The third-order valence-corrected chi connectivity index (χ3v) is 1.52. The van der Waals surface area contributed by atoms with Crippen LogP contribution in [-0.2, 0) is 7.80 Å². The van der Waals surface area contributed by atoms with Gasteiger partial charge in [0.25, 0.3) is 0 Å². The molecule has 0 amide bonds. The molecule has 0 spiro atoms. The lowest BCUT2D eigenvalue weighted by Gasteiger charge is -2.08. The van der Waals surface area contributed by atoms with Gasteiger partial charge in [0.2, 0.25) is 0 Å². The van der Waals surface area contributed by atoms with E-state index in [2.05, 4.69) is 14.9 Å². The number of halogens is 1. The lowest BCUT2D eigenvalue weighted by Crippen LogP contribution is -2.14. The molecule has 0 aromatic rings. The predicted octanol–water partition coefficient (Wildman–Crippen LogP) is 2.68. The van der Waals surface area contributed by atoms with Crippen LogP contribution in [0.4, 0.5) is 4.79 Å². The molecule has 68 valence electrons. The Hall–Kier alpha value is -0.440. The topological polar surface area (TPSA) is 35.5 Å². The molecule has 0 radical (unpaired) electrons. The van der Waals surface area contributed by atoms with Crippen LogP contribution in [0.25, 0.3) is 0 Å². The van der Waals surface area contributed by atoms with Gasteiger partial charge in [0, 0.05) is 0 Å². The highest BCUT2D eigenvalue weighted by Gasteiger charge is 2.10. The summed E-state index contributed by atoms with van der Waals surface area (Å²) in [5, 5.41) is 0. The summed E-state index contributed by atoms with van der Waals surface area (Å²) in [6.07, 6.45) is 0.652. The zero-order valence-corrected chi connectivity index (χ0v) is 9.25. The highest BCUT2D eigenvalue weighted by atomic mass is 127. The largest absolute Gasteiger partial charge is 0.519 e. The number of carbonyl (C=O) groups excluding carboxylic acids is 1. The average Bonchev–Trinajstić information content (AvgIpc) is 2.05. The molecule has 12 heavy (non-hydrogen) atoms. The summed E-state index contributed by atoms with van der Waals surface area (Å²) in [5.41, 5.74) is 0. The Morgan fingerprint density at radius 1 is 1.67 bits per heavy atom. The number of hydrogen-bond acceptors (Lipinski definition) is 3. The van der Waals surface area contributed by atoms with E-state index in [0.29, 0.717) is 0 Å². The molecule has 4 heteroatoms. The second-order valence-corrected chi connectivity index (χ2v) is 2.56. The van der Waals surface area contributed by atoms with Crippen molar-refractivity contribution in [3.63, 3.8) is 0 Å². The number of rotatable bonds is 3. The monoisotopic (exact) mass is 282 g/mol. The molecule has 3 nitrogen and oxygen atoms in total. The van der Waals surface area contributed by atoms with E-state index in [1.165, 1.54) is 23.0 Å². The van der Waals surface area contributed by atoms with Crippen LogP contribution in [0.1, 0.15) is 26.7 Å². The SMILES string of the molecule is CC#CC(CCC)OC(=O)OI. The summed E-state index contributed by atoms with van der Waals surface area (Å²) in [7, 11) is 0. The van der Waals surface area contributed by atoms with Gasteiger partial charge in [-0.25, -0.2) is 4.79 Å². The first-order valence-corrected chi connectivity index (χ1v) is 4.54. The predicted molar refractivity (Wildman–Crippen MR) is 53.7 cm³/mol. The summed E-state index contributed by atoms with van der Waals surface area (Å²) in [4.78, 5) is 10.7. The van der Waals surface area contributed by atoms with Gasteiger partial charge in [-0.2, -0.15) is 0 Å². The van der Waals surface area contributed by atoms with Gasteiger partial charge in [-0.3, -0.25) is 0 Å². The fourth-order valence-corrected chi connectivity index (χ4v) is 0.822. The molecule has 0 aromatic heterocycles. The van der Waals surface area contributed by atoms with Gasteiger partial charge < -0.3 is 7.80 Å². The van der Waals surface area contributed by atoms with E-state index in [0.717, 1.165) is 12.8 Å². The van der Waals surface area contributed by atoms with E-state index < -0.39 is 6.16 Å². The normalized spacial score (nSPS) is 10.9. The summed E-state index contributed by atoms with van der Waals surface area (Å²) < 4.78 is 9.15. The van der Waals surface area contributed by atoms with Crippen molar-refractivity contribution in [2.45, 2.75) is 32.8 Å². The molecule has 1 atom stereocenters. The van der Waals surface area contributed by atoms with Crippen molar-refractivity contribution in [2.24, 2.45) is 0 Å². The molecule has 0 aliphatic carbocycles. The van der Waals surface area contributed by atoms with Crippen molar-refractivity contribution < 1.29 is 12.6 Å². The summed E-state index contributed by atoms with van der Waals surface area (Å²) in [6, 6.07) is 0. The van der Waals surface area contributed by atoms with Crippen molar-refractivity contribution in [1.82, 2.24) is 0 Å². The molecular weight excluding hydrogens is 271 g/mol. The number of ether oxygens (including phenoxy) is 1. The Balaban J connectivity index is 3.91. The summed E-state index contributed by atoms with van der Waals surface area (Å²) >= 11 is 1.48. The van der Waals surface area contributed by atoms with Gasteiger partial charge in [0.1, 0.15) is 0 Å². The van der Waals surface area contributed by atoms with Gasteiger partial charge >= 0.3 is 6.16 Å². The maximum Gasteiger partial charge on any atom is 0.519 e. The fourth-order valence-electron chi connectivity index (χ4n) is 0.718. The van der Waals surface area contributed by atoms with Crippen LogP contribution in [0.2, 0.25) is 0 Å². The fraction of sp³-hybridized carbons (Fsp3) is 0.625. The van der Waals surface area contributed by atoms with Gasteiger partial charge in [0.15, 0.2) is 29.1 Å². The van der Waals surface area contributed by atoms with E-state index in [-0.39, 0.29) is 6.10 Å². The minimum absolute atomic E-state index is 0.331. The Labute approximate surface area is 86.5 Å². The van der Waals surface area contributed by atoms with Crippen LogP contribution < -0.4 is 0 Å². The molecule has 0 aromatic carbocycles. The molecule has 0 saturated carbocycles. The molecule has 0 aliphatic heterocycles.